The van der Waals surface area contributed by atoms with E-state index in [2.05, 4.69) is 86.7 Å². The van der Waals surface area contributed by atoms with Crippen molar-refractivity contribution in [3.8, 4) is 22.3 Å². The summed E-state index contributed by atoms with van der Waals surface area (Å²) in [5, 5.41) is 0. The molecule has 0 nitrogen and oxygen atoms in total. The predicted molar refractivity (Wildman–Crippen MR) is 104 cm³/mol. The highest BCUT2D eigenvalue weighted by Gasteiger charge is 2.12. The number of hydrogen-bond acceptors (Lipinski definition) is 0. The van der Waals surface area contributed by atoms with Gasteiger partial charge in [-0.25, -0.2) is 0 Å². The fraction of sp³-hybridized carbons (Fsp3) is 0.167. The minimum absolute atomic E-state index is 1.15. The molecule has 118 valence electrons. The molecule has 0 saturated carbocycles. The standard InChI is InChI=1S/C24H22/c1-17-8-3-5-11-21(17)24-16-20(15-14-18(24)2)23-13-7-10-19-9-4-6-12-22(19)23/h3,5-8,10-16H,4,9H2,1-2H3. The number of fused-ring (bicyclic) bond motifs is 1. The largest absolute Gasteiger partial charge is 0.0836 e. The molecule has 0 unspecified atom stereocenters. The van der Waals surface area contributed by atoms with Gasteiger partial charge in [-0.2, -0.15) is 0 Å². The molecule has 0 atom stereocenters. The Kier molecular flexibility index (Phi) is 3.82. The Hall–Kier alpha value is -2.60. The highest BCUT2D eigenvalue weighted by Crippen LogP contribution is 2.35. The normalized spacial score (nSPS) is 12.9. The van der Waals surface area contributed by atoms with Crippen LogP contribution in [0.1, 0.15) is 28.7 Å². The van der Waals surface area contributed by atoms with Crippen molar-refractivity contribution in [2.75, 3.05) is 0 Å². The van der Waals surface area contributed by atoms with E-state index in [4.69, 9.17) is 0 Å². The summed E-state index contributed by atoms with van der Waals surface area (Å²) in [7, 11) is 0. The maximum atomic E-state index is 2.36. The highest BCUT2D eigenvalue weighted by atomic mass is 14.2. The van der Waals surface area contributed by atoms with Crippen molar-refractivity contribution in [1.82, 2.24) is 0 Å². The van der Waals surface area contributed by atoms with Crippen LogP contribution >= 0.6 is 0 Å². The van der Waals surface area contributed by atoms with Crippen LogP contribution in [0.5, 0.6) is 0 Å². The summed E-state index contributed by atoms with van der Waals surface area (Å²) >= 11 is 0. The van der Waals surface area contributed by atoms with Gasteiger partial charge in [0.1, 0.15) is 0 Å². The van der Waals surface area contributed by atoms with Crippen LogP contribution in [0, 0.1) is 13.8 Å². The van der Waals surface area contributed by atoms with Gasteiger partial charge in [-0.15, -0.1) is 0 Å². The van der Waals surface area contributed by atoms with Crippen molar-refractivity contribution in [2.24, 2.45) is 0 Å². The second-order valence-corrected chi connectivity index (χ2v) is 6.66. The van der Waals surface area contributed by atoms with E-state index in [1.807, 2.05) is 0 Å². The first-order chi connectivity index (χ1) is 11.7. The van der Waals surface area contributed by atoms with E-state index in [0.29, 0.717) is 0 Å². The van der Waals surface area contributed by atoms with E-state index in [1.54, 1.807) is 0 Å². The Balaban J connectivity index is 1.89. The average molecular weight is 310 g/mol. The van der Waals surface area contributed by atoms with Gasteiger partial charge in [-0.3, -0.25) is 0 Å². The molecule has 4 rings (SSSR count). The van der Waals surface area contributed by atoms with Crippen molar-refractivity contribution < 1.29 is 0 Å². The Morgan fingerprint density at radius 2 is 1.50 bits per heavy atom. The van der Waals surface area contributed by atoms with Crippen molar-refractivity contribution in [1.29, 1.82) is 0 Å². The fourth-order valence-electron chi connectivity index (χ4n) is 3.67. The van der Waals surface area contributed by atoms with Crippen molar-refractivity contribution >= 4 is 6.08 Å². The van der Waals surface area contributed by atoms with Gasteiger partial charge in [0.05, 0.1) is 0 Å². The lowest BCUT2D eigenvalue weighted by atomic mass is 9.87. The van der Waals surface area contributed by atoms with Crippen LogP contribution in [-0.4, -0.2) is 0 Å². The maximum Gasteiger partial charge on any atom is -0.0109 e. The van der Waals surface area contributed by atoms with E-state index in [9.17, 15) is 0 Å². The van der Waals surface area contributed by atoms with E-state index < -0.39 is 0 Å². The second-order valence-electron chi connectivity index (χ2n) is 6.66. The van der Waals surface area contributed by atoms with Crippen LogP contribution in [0.3, 0.4) is 0 Å². The Labute approximate surface area is 144 Å². The van der Waals surface area contributed by atoms with Gasteiger partial charge in [0.25, 0.3) is 0 Å². The Morgan fingerprint density at radius 3 is 2.38 bits per heavy atom. The molecule has 0 spiro atoms. The van der Waals surface area contributed by atoms with Gasteiger partial charge >= 0.3 is 0 Å². The molecule has 1 aliphatic rings. The van der Waals surface area contributed by atoms with Gasteiger partial charge in [-0.1, -0.05) is 66.7 Å². The Morgan fingerprint density at radius 1 is 0.708 bits per heavy atom. The van der Waals surface area contributed by atoms with Crippen LogP contribution in [0.4, 0.5) is 0 Å². The van der Waals surface area contributed by atoms with Crippen LogP contribution in [-0.2, 0) is 6.42 Å². The summed E-state index contributed by atoms with van der Waals surface area (Å²) in [6.07, 6.45) is 6.89. The molecule has 0 saturated heterocycles. The third-order valence-electron chi connectivity index (χ3n) is 5.05. The van der Waals surface area contributed by atoms with Crippen LogP contribution < -0.4 is 0 Å². The highest BCUT2D eigenvalue weighted by molar-refractivity contribution is 5.82. The minimum atomic E-state index is 1.15. The van der Waals surface area contributed by atoms with Crippen molar-refractivity contribution in [3.63, 3.8) is 0 Å². The average Bonchev–Trinajstić information content (AvgIpc) is 2.62. The molecule has 0 radical (unpaired) electrons. The van der Waals surface area contributed by atoms with Gasteiger partial charge in [0, 0.05) is 0 Å². The summed E-state index contributed by atoms with van der Waals surface area (Å²) < 4.78 is 0. The zero-order valence-electron chi connectivity index (χ0n) is 14.3. The minimum Gasteiger partial charge on any atom is -0.0836 e. The monoisotopic (exact) mass is 310 g/mol. The first-order valence-electron chi connectivity index (χ1n) is 8.69. The lowest BCUT2D eigenvalue weighted by molar-refractivity contribution is 0.986. The summed E-state index contributed by atoms with van der Waals surface area (Å²) in [5.41, 5.74) is 10.8. The third-order valence-corrected chi connectivity index (χ3v) is 5.05. The number of aryl methyl sites for hydroxylation is 3. The SMILES string of the molecule is Cc1ccccc1-c1cc(-c2cccc3c2C=CCC3)ccc1C. The number of benzene rings is 3. The zero-order valence-corrected chi connectivity index (χ0v) is 14.3. The molecule has 0 aliphatic heterocycles. The molecule has 1 aliphatic carbocycles. The van der Waals surface area contributed by atoms with Crippen LogP contribution in [0.15, 0.2) is 66.7 Å². The first-order valence-corrected chi connectivity index (χ1v) is 8.69. The lowest BCUT2D eigenvalue weighted by Gasteiger charge is -2.17. The maximum absolute atomic E-state index is 2.36. The van der Waals surface area contributed by atoms with Gasteiger partial charge in [0.2, 0.25) is 0 Å². The Bertz CT molecular complexity index is 929. The zero-order chi connectivity index (χ0) is 16.5. The van der Waals surface area contributed by atoms with Gasteiger partial charge in [0.15, 0.2) is 0 Å². The van der Waals surface area contributed by atoms with Crippen LogP contribution in [0.25, 0.3) is 28.3 Å². The summed E-state index contributed by atoms with van der Waals surface area (Å²) in [6.45, 7) is 4.39. The summed E-state index contributed by atoms with van der Waals surface area (Å²) in [5.74, 6) is 0. The second kappa shape index (κ2) is 6.13. The predicted octanol–water partition coefficient (Wildman–Crippen LogP) is 6.60. The molecule has 3 aromatic rings. The molecule has 0 N–H and O–H groups in total. The summed E-state index contributed by atoms with van der Waals surface area (Å²) in [4.78, 5) is 0. The van der Waals surface area contributed by atoms with E-state index in [-0.39, 0.29) is 0 Å². The molecule has 0 amide bonds. The number of hydrogen-bond donors (Lipinski definition) is 0. The van der Waals surface area contributed by atoms with Crippen molar-refractivity contribution in [2.45, 2.75) is 26.7 Å². The third kappa shape index (κ3) is 2.59. The van der Waals surface area contributed by atoms with Crippen molar-refractivity contribution in [3.05, 3.63) is 89.0 Å². The molecular weight excluding hydrogens is 288 g/mol. The quantitative estimate of drug-likeness (QED) is 0.500. The van der Waals surface area contributed by atoms with E-state index in [0.717, 1.165) is 12.8 Å². The molecule has 0 heterocycles. The molecular formula is C24H22. The fourth-order valence-corrected chi connectivity index (χ4v) is 3.67. The molecule has 24 heavy (non-hydrogen) atoms. The summed E-state index contributed by atoms with van der Waals surface area (Å²) in [6, 6.07) is 22.2. The molecule has 0 fully saturated rings. The number of rotatable bonds is 2. The van der Waals surface area contributed by atoms with Crippen LogP contribution in [0.2, 0.25) is 0 Å². The number of allylic oxidation sites excluding steroid dienone is 1. The topological polar surface area (TPSA) is 0 Å². The lowest BCUT2D eigenvalue weighted by Crippen LogP contribution is -1.97. The molecule has 0 aromatic heterocycles. The van der Waals surface area contributed by atoms with Gasteiger partial charge < -0.3 is 0 Å². The van der Waals surface area contributed by atoms with E-state index >= 15 is 0 Å². The molecule has 0 heteroatoms. The first kappa shape index (κ1) is 15.0. The molecule has 3 aromatic carbocycles. The smallest absolute Gasteiger partial charge is 0.0109 e. The molecule has 0 bridgehead atoms. The van der Waals surface area contributed by atoms with Gasteiger partial charge in [-0.05, 0) is 77.3 Å². The van der Waals surface area contributed by atoms with E-state index in [1.165, 1.54) is 44.5 Å².